The zero-order valence-electron chi connectivity index (χ0n) is 18.2. The van der Waals surface area contributed by atoms with Crippen molar-refractivity contribution in [1.82, 2.24) is 10.3 Å². The van der Waals surface area contributed by atoms with Crippen molar-refractivity contribution in [3.63, 3.8) is 0 Å². The summed E-state index contributed by atoms with van der Waals surface area (Å²) in [5.41, 5.74) is 3.30. The van der Waals surface area contributed by atoms with Crippen LogP contribution in [-0.4, -0.2) is 35.4 Å². The third-order valence-corrected chi connectivity index (χ3v) is 6.85. The minimum atomic E-state index is -0.932. The predicted molar refractivity (Wildman–Crippen MR) is 125 cm³/mol. The molecule has 2 aromatic heterocycles. The van der Waals surface area contributed by atoms with Crippen LogP contribution in [0, 0.1) is 11.3 Å². The molecule has 0 bridgehead atoms. The quantitative estimate of drug-likeness (QED) is 0.463. The van der Waals surface area contributed by atoms with Crippen LogP contribution in [0.25, 0.3) is 10.9 Å². The summed E-state index contributed by atoms with van der Waals surface area (Å²) in [6.07, 6.45) is 5.87. The average Bonchev–Trinajstić information content (AvgIpc) is 3.37. The van der Waals surface area contributed by atoms with Crippen LogP contribution in [0.2, 0.25) is 0 Å². The van der Waals surface area contributed by atoms with Gasteiger partial charge in [-0.05, 0) is 42.9 Å². The molecule has 0 spiro atoms. The lowest BCUT2D eigenvalue weighted by atomic mass is 9.96. The van der Waals surface area contributed by atoms with Crippen LogP contribution in [0.5, 0.6) is 0 Å². The van der Waals surface area contributed by atoms with Crippen LogP contribution in [0.15, 0.2) is 30.5 Å². The highest BCUT2D eigenvalue weighted by Gasteiger charge is 2.25. The number of fused-ring (bicyclic) bond motifs is 2. The number of hydrogen-bond donors (Lipinski definition) is 3. The number of thiophene rings is 1. The fourth-order valence-corrected chi connectivity index (χ4v) is 5.39. The Morgan fingerprint density at radius 2 is 2.03 bits per heavy atom. The van der Waals surface area contributed by atoms with Gasteiger partial charge in [-0.15, -0.1) is 11.3 Å². The summed E-state index contributed by atoms with van der Waals surface area (Å²) in [5, 5.41) is 16.3. The smallest absolute Gasteiger partial charge is 0.329 e. The first kappa shape index (κ1) is 22.6. The molecule has 0 saturated heterocycles. The van der Waals surface area contributed by atoms with Crippen molar-refractivity contribution in [1.29, 1.82) is 5.26 Å². The number of nitriles is 1. The van der Waals surface area contributed by atoms with Gasteiger partial charge in [0.1, 0.15) is 17.1 Å². The van der Waals surface area contributed by atoms with Crippen molar-refractivity contribution in [2.45, 2.75) is 45.1 Å². The number of ether oxygens (including phenoxy) is 1. The Bertz CT molecular complexity index is 1250. The Balaban J connectivity index is 1.40. The number of benzene rings is 1. The number of nitrogens with zero attached hydrogens (tertiary/aromatic N) is 1. The summed E-state index contributed by atoms with van der Waals surface area (Å²) in [5.74, 6) is -1.59. The highest BCUT2D eigenvalue weighted by Crippen LogP contribution is 2.37. The lowest BCUT2D eigenvalue weighted by Gasteiger charge is -2.16. The van der Waals surface area contributed by atoms with Gasteiger partial charge in [0.25, 0.3) is 5.91 Å². The van der Waals surface area contributed by atoms with E-state index in [4.69, 9.17) is 4.74 Å². The van der Waals surface area contributed by atoms with E-state index < -0.39 is 24.5 Å². The molecular formula is C24H24N4O4S. The summed E-state index contributed by atoms with van der Waals surface area (Å²) >= 11 is 1.41. The fourth-order valence-electron chi connectivity index (χ4n) is 4.13. The van der Waals surface area contributed by atoms with Crippen LogP contribution >= 0.6 is 11.3 Å². The van der Waals surface area contributed by atoms with E-state index in [2.05, 4.69) is 21.7 Å². The number of anilines is 1. The molecule has 1 aliphatic carbocycles. The molecule has 1 aromatic carbocycles. The zero-order chi connectivity index (χ0) is 23.4. The van der Waals surface area contributed by atoms with Gasteiger partial charge in [0.15, 0.2) is 6.61 Å². The van der Waals surface area contributed by atoms with E-state index in [1.165, 1.54) is 18.3 Å². The minimum Gasteiger partial charge on any atom is -0.454 e. The normalized spacial score (nSPS) is 13.6. The van der Waals surface area contributed by atoms with Crippen molar-refractivity contribution in [2.24, 2.45) is 0 Å². The van der Waals surface area contributed by atoms with Crippen molar-refractivity contribution >= 4 is 45.0 Å². The number of aromatic amines is 1. The molecule has 2 amide bonds. The second-order valence-electron chi connectivity index (χ2n) is 8.00. The van der Waals surface area contributed by atoms with Crippen molar-refractivity contribution < 1.29 is 19.1 Å². The fraction of sp³-hybridized carbons (Fsp3) is 0.333. The maximum atomic E-state index is 12.7. The minimum absolute atomic E-state index is 0.222. The number of rotatable bonds is 7. The Hall–Kier alpha value is -3.64. The van der Waals surface area contributed by atoms with Gasteiger partial charge in [-0.25, -0.2) is 4.79 Å². The van der Waals surface area contributed by atoms with E-state index >= 15 is 0 Å². The zero-order valence-corrected chi connectivity index (χ0v) is 19.0. The number of para-hydroxylation sites is 1. The number of carbonyl (C=O) groups excluding carboxylic acids is 3. The molecule has 33 heavy (non-hydrogen) atoms. The standard InChI is InChI=1S/C24H24N4O4S/c1-14(29)27-20(10-15-12-26-19-8-4-2-6-16(15)19)24(31)32-13-22(30)28-23-18(11-25)17-7-3-5-9-21(17)33-23/h2,4,6,8,12,20,26H,3,5,7,9-10,13H2,1H3,(H,27,29)(H,28,30). The first-order chi connectivity index (χ1) is 16.0. The van der Waals surface area contributed by atoms with Crippen LogP contribution in [0.3, 0.4) is 0 Å². The largest absolute Gasteiger partial charge is 0.454 e. The molecule has 0 radical (unpaired) electrons. The molecule has 1 aliphatic rings. The number of amides is 2. The Morgan fingerprint density at radius 3 is 2.82 bits per heavy atom. The molecule has 1 unspecified atom stereocenters. The SMILES string of the molecule is CC(=O)NC(Cc1c[nH]c2ccccc12)C(=O)OCC(=O)Nc1sc2c(c1C#N)CCCC2. The van der Waals surface area contributed by atoms with Gasteiger partial charge < -0.3 is 20.4 Å². The number of aryl methyl sites for hydroxylation is 1. The third kappa shape index (κ3) is 5.07. The van der Waals surface area contributed by atoms with E-state index in [0.29, 0.717) is 10.6 Å². The van der Waals surface area contributed by atoms with E-state index in [1.807, 2.05) is 24.3 Å². The molecule has 1 atom stereocenters. The number of carbonyl (C=O) groups is 3. The molecule has 0 aliphatic heterocycles. The molecule has 0 saturated carbocycles. The van der Waals surface area contributed by atoms with Crippen molar-refractivity contribution in [3.05, 3.63) is 52.0 Å². The molecule has 8 nitrogen and oxygen atoms in total. The van der Waals surface area contributed by atoms with E-state index in [0.717, 1.165) is 52.6 Å². The number of H-pyrrole nitrogens is 1. The van der Waals surface area contributed by atoms with Gasteiger partial charge in [-0.3, -0.25) is 9.59 Å². The van der Waals surface area contributed by atoms with Gasteiger partial charge >= 0.3 is 5.97 Å². The Kier molecular flexibility index (Phi) is 6.75. The number of esters is 1. The lowest BCUT2D eigenvalue weighted by molar-refractivity contribution is -0.150. The van der Waals surface area contributed by atoms with Crippen LogP contribution in [0.4, 0.5) is 5.00 Å². The number of hydrogen-bond acceptors (Lipinski definition) is 6. The first-order valence-electron chi connectivity index (χ1n) is 10.8. The highest BCUT2D eigenvalue weighted by atomic mass is 32.1. The monoisotopic (exact) mass is 464 g/mol. The predicted octanol–water partition coefficient (Wildman–Crippen LogP) is 3.21. The Morgan fingerprint density at radius 1 is 1.24 bits per heavy atom. The van der Waals surface area contributed by atoms with Gasteiger partial charge in [-0.1, -0.05) is 18.2 Å². The molecule has 170 valence electrons. The van der Waals surface area contributed by atoms with Gasteiger partial charge in [0.05, 0.1) is 5.56 Å². The topological polar surface area (TPSA) is 124 Å². The van der Waals surface area contributed by atoms with Gasteiger partial charge in [-0.2, -0.15) is 5.26 Å². The molecule has 9 heteroatoms. The second-order valence-corrected chi connectivity index (χ2v) is 9.10. The molecule has 3 aromatic rings. The Labute approximate surface area is 194 Å². The summed E-state index contributed by atoms with van der Waals surface area (Å²) in [4.78, 5) is 41.1. The average molecular weight is 465 g/mol. The molecule has 2 heterocycles. The summed E-state index contributed by atoms with van der Waals surface area (Å²) in [6.45, 7) is 0.820. The van der Waals surface area contributed by atoms with Crippen LogP contribution in [0.1, 0.15) is 41.3 Å². The maximum Gasteiger partial charge on any atom is 0.329 e. The van der Waals surface area contributed by atoms with Crippen molar-refractivity contribution in [3.8, 4) is 6.07 Å². The molecule has 4 rings (SSSR count). The van der Waals surface area contributed by atoms with E-state index in [1.54, 1.807) is 6.20 Å². The van der Waals surface area contributed by atoms with E-state index in [-0.39, 0.29) is 12.3 Å². The van der Waals surface area contributed by atoms with Gasteiger partial charge in [0, 0.05) is 35.3 Å². The second kappa shape index (κ2) is 9.88. The summed E-state index contributed by atoms with van der Waals surface area (Å²) in [7, 11) is 0. The van der Waals surface area contributed by atoms with Crippen LogP contribution in [-0.2, 0) is 38.4 Å². The summed E-state index contributed by atoms with van der Waals surface area (Å²) < 4.78 is 5.22. The lowest BCUT2D eigenvalue weighted by Crippen LogP contribution is -2.43. The molecular weight excluding hydrogens is 440 g/mol. The van der Waals surface area contributed by atoms with Crippen LogP contribution < -0.4 is 10.6 Å². The van der Waals surface area contributed by atoms with E-state index in [9.17, 15) is 19.6 Å². The summed E-state index contributed by atoms with van der Waals surface area (Å²) in [6, 6.07) is 8.91. The highest BCUT2D eigenvalue weighted by molar-refractivity contribution is 7.16. The number of aromatic nitrogens is 1. The molecule has 3 N–H and O–H groups in total. The van der Waals surface area contributed by atoms with Gasteiger partial charge in [0.2, 0.25) is 5.91 Å². The number of nitrogens with one attached hydrogen (secondary N) is 3. The maximum absolute atomic E-state index is 12.7. The third-order valence-electron chi connectivity index (χ3n) is 5.64. The molecule has 0 fully saturated rings. The van der Waals surface area contributed by atoms with Crippen molar-refractivity contribution in [2.75, 3.05) is 11.9 Å². The first-order valence-corrected chi connectivity index (χ1v) is 11.6.